The Balaban J connectivity index is 1.07. The first-order chi connectivity index (χ1) is 30.4. The molecule has 0 unspecified atom stereocenters. The molecule has 11 aromatic rings. The number of benzene rings is 10. The predicted octanol–water partition coefficient (Wildman–Crippen LogP) is 16.0. The van der Waals surface area contributed by atoms with Gasteiger partial charge < -0.3 is 9.32 Å². The largest absolute Gasteiger partial charge is 0.455 e. The highest BCUT2D eigenvalue weighted by molar-refractivity contribution is 6.19. The van der Waals surface area contributed by atoms with Crippen molar-refractivity contribution in [3.63, 3.8) is 0 Å². The van der Waals surface area contributed by atoms with Crippen LogP contribution in [-0.4, -0.2) is 0 Å². The van der Waals surface area contributed by atoms with Crippen LogP contribution >= 0.6 is 0 Å². The van der Waals surface area contributed by atoms with Gasteiger partial charge in [-0.3, -0.25) is 0 Å². The van der Waals surface area contributed by atoms with E-state index < -0.39 is 0 Å². The van der Waals surface area contributed by atoms with Crippen LogP contribution in [0.1, 0.15) is 5.48 Å². The monoisotopic (exact) mass is 743 g/mol. The van der Waals surface area contributed by atoms with Crippen LogP contribution in [0.15, 0.2) is 229 Å². The highest BCUT2D eigenvalue weighted by Gasteiger charge is 2.18. The van der Waals surface area contributed by atoms with Crippen molar-refractivity contribution in [1.29, 1.82) is 0 Å². The maximum Gasteiger partial charge on any atom is 0.143 e. The third kappa shape index (κ3) is 5.91. The van der Waals surface area contributed by atoms with Gasteiger partial charge in [-0.15, -0.1) is 0 Å². The van der Waals surface area contributed by atoms with E-state index in [1.165, 1.54) is 0 Å². The maximum atomic E-state index is 9.59. The molecule has 0 radical (unpaired) electrons. The first-order valence-electron chi connectivity index (χ1n) is 21.5. The normalized spacial score (nSPS) is 12.4. The standard InChI is InChI=1S/C56H37NO/c1-2-11-38(12-3-1)39-23-25-40(26-24-39)41-27-32-46(33-28-41)57(48-17-8-16-45(37-48)50-20-9-15-42-13-4-6-18-49(42)50)47-34-29-44(30-35-47)51-21-10-22-54-55(51)53-36-31-43-14-5-7-19-52(43)56(53)58-54/h1-37H/i27D,28D,32D,33D. The summed E-state index contributed by atoms with van der Waals surface area (Å²) < 4.78 is 44.5. The summed E-state index contributed by atoms with van der Waals surface area (Å²) in [5, 5.41) is 6.51. The van der Waals surface area contributed by atoms with Crippen LogP contribution < -0.4 is 4.90 Å². The first-order valence-corrected chi connectivity index (χ1v) is 19.5. The van der Waals surface area contributed by atoms with E-state index in [0.717, 1.165) is 76.9 Å². The van der Waals surface area contributed by atoms with Crippen molar-refractivity contribution < 1.29 is 9.90 Å². The fourth-order valence-corrected chi connectivity index (χ4v) is 8.30. The van der Waals surface area contributed by atoms with Crippen LogP contribution in [0.2, 0.25) is 0 Å². The molecule has 0 aliphatic heterocycles. The minimum atomic E-state index is -0.130. The van der Waals surface area contributed by atoms with Crippen LogP contribution in [0.5, 0.6) is 0 Å². The van der Waals surface area contributed by atoms with Crippen molar-refractivity contribution in [3.8, 4) is 44.5 Å². The highest BCUT2D eigenvalue weighted by atomic mass is 16.3. The van der Waals surface area contributed by atoms with Crippen molar-refractivity contribution >= 4 is 60.5 Å². The molecule has 272 valence electrons. The summed E-state index contributed by atoms with van der Waals surface area (Å²) in [7, 11) is 0. The van der Waals surface area contributed by atoms with Gasteiger partial charge in [-0.25, -0.2) is 0 Å². The van der Waals surface area contributed by atoms with E-state index in [4.69, 9.17) is 4.42 Å². The van der Waals surface area contributed by atoms with Gasteiger partial charge in [0.05, 0.1) is 5.48 Å². The highest BCUT2D eigenvalue weighted by Crippen LogP contribution is 2.42. The Hall–Kier alpha value is -7.68. The third-order valence-electron chi connectivity index (χ3n) is 11.1. The maximum absolute atomic E-state index is 9.59. The molecule has 0 aliphatic rings. The van der Waals surface area contributed by atoms with Gasteiger partial charge in [0.15, 0.2) is 0 Å². The summed E-state index contributed by atoms with van der Waals surface area (Å²) in [5.74, 6) is 0. The van der Waals surface area contributed by atoms with Gasteiger partial charge in [-0.2, -0.15) is 0 Å². The van der Waals surface area contributed by atoms with Crippen molar-refractivity contribution in [1.82, 2.24) is 0 Å². The fraction of sp³-hybridized carbons (Fsp3) is 0. The van der Waals surface area contributed by atoms with Gasteiger partial charge in [-0.1, -0.05) is 176 Å². The lowest BCUT2D eigenvalue weighted by Crippen LogP contribution is -2.10. The van der Waals surface area contributed by atoms with E-state index in [9.17, 15) is 5.48 Å². The summed E-state index contributed by atoms with van der Waals surface area (Å²) in [6, 6.07) is 66.7. The Morgan fingerprint density at radius 3 is 1.72 bits per heavy atom. The molecular weight excluding hydrogens is 703 g/mol. The van der Waals surface area contributed by atoms with E-state index in [1.54, 1.807) is 0 Å². The predicted molar refractivity (Wildman–Crippen MR) is 245 cm³/mol. The third-order valence-corrected chi connectivity index (χ3v) is 11.1. The first kappa shape index (κ1) is 29.6. The molecule has 0 bridgehead atoms. The van der Waals surface area contributed by atoms with Gasteiger partial charge in [0.1, 0.15) is 11.2 Å². The molecule has 0 spiro atoms. The van der Waals surface area contributed by atoms with E-state index >= 15 is 0 Å². The molecule has 0 amide bonds. The Kier molecular flexibility index (Phi) is 7.20. The molecule has 1 heterocycles. The second kappa shape index (κ2) is 14.1. The van der Waals surface area contributed by atoms with Crippen LogP contribution in [0.4, 0.5) is 17.1 Å². The van der Waals surface area contributed by atoms with Gasteiger partial charge >= 0.3 is 0 Å². The molecule has 0 N–H and O–H groups in total. The van der Waals surface area contributed by atoms with E-state index in [-0.39, 0.29) is 35.4 Å². The minimum absolute atomic E-state index is 0.105. The molecule has 11 rings (SSSR count). The van der Waals surface area contributed by atoms with Crippen LogP contribution in [0.3, 0.4) is 0 Å². The summed E-state index contributed by atoms with van der Waals surface area (Å²) in [4.78, 5) is 1.86. The Morgan fingerprint density at radius 2 is 0.931 bits per heavy atom. The number of rotatable bonds is 7. The number of hydrogen-bond donors (Lipinski definition) is 0. The number of furan rings is 1. The molecule has 58 heavy (non-hydrogen) atoms. The summed E-state index contributed by atoms with van der Waals surface area (Å²) in [6.07, 6.45) is 0. The molecule has 2 heteroatoms. The summed E-state index contributed by atoms with van der Waals surface area (Å²) in [6.45, 7) is 0. The summed E-state index contributed by atoms with van der Waals surface area (Å²) >= 11 is 0. The summed E-state index contributed by atoms with van der Waals surface area (Å²) in [5.41, 5.74) is 10.2. The second-order valence-electron chi connectivity index (χ2n) is 14.6. The SMILES string of the molecule is [2H]c1c([2H])c(N(c2ccc(-c3cccc4oc5c6ccccc6ccc5c34)cc2)c2cccc(-c3cccc4ccccc34)c2)c([2H])c([2H])c1-c1ccc(-c2ccccc2)cc1. The molecular formula is C56H37NO. The van der Waals surface area contributed by atoms with Crippen LogP contribution in [-0.2, 0) is 0 Å². The minimum Gasteiger partial charge on any atom is -0.455 e. The lowest BCUT2D eigenvalue weighted by Gasteiger charge is -2.26. The molecule has 2 nitrogen and oxygen atoms in total. The number of hydrogen-bond acceptors (Lipinski definition) is 2. The molecule has 0 aliphatic carbocycles. The second-order valence-corrected chi connectivity index (χ2v) is 14.6. The number of anilines is 3. The molecule has 0 saturated carbocycles. The van der Waals surface area contributed by atoms with Gasteiger partial charge in [0, 0.05) is 33.2 Å². The fourth-order valence-electron chi connectivity index (χ4n) is 8.30. The van der Waals surface area contributed by atoms with Gasteiger partial charge in [0.2, 0.25) is 0 Å². The molecule has 0 fully saturated rings. The van der Waals surface area contributed by atoms with Gasteiger partial charge in [0.25, 0.3) is 0 Å². The molecule has 10 aromatic carbocycles. The van der Waals surface area contributed by atoms with Crippen LogP contribution in [0.25, 0.3) is 88.0 Å². The zero-order chi connectivity index (χ0) is 41.9. The van der Waals surface area contributed by atoms with Crippen molar-refractivity contribution in [2.24, 2.45) is 0 Å². The van der Waals surface area contributed by atoms with E-state index in [0.29, 0.717) is 16.9 Å². The van der Waals surface area contributed by atoms with E-state index in [1.807, 2.05) is 120 Å². The smallest absolute Gasteiger partial charge is 0.143 e. The lowest BCUT2D eigenvalue weighted by atomic mass is 9.97. The van der Waals surface area contributed by atoms with Crippen molar-refractivity contribution in [2.45, 2.75) is 0 Å². The van der Waals surface area contributed by atoms with E-state index in [2.05, 4.69) is 84.9 Å². The van der Waals surface area contributed by atoms with Crippen molar-refractivity contribution in [2.75, 3.05) is 4.90 Å². The Labute approximate surface area is 343 Å². The zero-order valence-corrected chi connectivity index (χ0v) is 31.4. The van der Waals surface area contributed by atoms with Gasteiger partial charge in [-0.05, 0) is 109 Å². The molecule has 1 aromatic heterocycles. The van der Waals surface area contributed by atoms with Crippen molar-refractivity contribution in [3.05, 3.63) is 224 Å². The Morgan fingerprint density at radius 1 is 0.345 bits per heavy atom. The zero-order valence-electron chi connectivity index (χ0n) is 35.4. The molecule has 0 atom stereocenters. The topological polar surface area (TPSA) is 16.4 Å². The number of fused-ring (bicyclic) bond motifs is 6. The molecule has 0 saturated heterocycles. The van der Waals surface area contributed by atoms with Crippen LogP contribution in [0, 0.1) is 0 Å². The quantitative estimate of drug-likeness (QED) is 0.162. The lowest BCUT2D eigenvalue weighted by molar-refractivity contribution is 0.673. The average molecular weight is 744 g/mol. The Bertz CT molecular complexity index is 3470. The number of nitrogens with zero attached hydrogens (tertiary/aromatic N) is 1. The average Bonchev–Trinajstić information content (AvgIpc) is 3.73.